The highest BCUT2D eigenvalue weighted by molar-refractivity contribution is 7.99. The van der Waals surface area contributed by atoms with Crippen LogP contribution in [0.5, 0.6) is 5.75 Å². The summed E-state index contributed by atoms with van der Waals surface area (Å²) in [6.45, 7) is 5.56. The summed E-state index contributed by atoms with van der Waals surface area (Å²) < 4.78 is 0. The number of rotatable bonds is 4. The Kier molecular flexibility index (Phi) is 5.91. The minimum Gasteiger partial charge on any atom is -0.510 e. The van der Waals surface area contributed by atoms with Crippen LogP contribution in [0.25, 0.3) is 0 Å². The first-order valence-electron chi connectivity index (χ1n) is 11.2. The predicted molar refractivity (Wildman–Crippen MR) is 127 cm³/mol. The second-order valence-electron chi connectivity index (χ2n) is 9.78. The van der Waals surface area contributed by atoms with Crippen molar-refractivity contribution in [2.24, 2.45) is 11.8 Å². The van der Waals surface area contributed by atoms with Crippen molar-refractivity contribution < 1.29 is 30.0 Å². The molecular weight excluding hydrogens is 442 g/mol. The van der Waals surface area contributed by atoms with Crippen LogP contribution in [-0.4, -0.2) is 73.6 Å². The number of thioether (sulfide) groups is 1. The summed E-state index contributed by atoms with van der Waals surface area (Å²) in [7, 11) is 3.48. The molecule has 0 spiro atoms. The zero-order chi connectivity index (χ0) is 24.4. The van der Waals surface area contributed by atoms with Gasteiger partial charge in [0.25, 0.3) is 0 Å². The molecule has 178 valence electrons. The molecule has 1 aromatic rings. The van der Waals surface area contributed by atoms with Crippen molar-refractivity contribution in [1.82, 2.24) is 4.90 Å². The van der Waals surface area contributed by atoms with Crippen LogP contribution in [0, 0.1) is 11.8 Å². The summed E-state index contributed by atoms with van der Waals surface area (Å²) in [6.07, 6.45) is 0.228. The summed E-state index contributed by atoms with van der Waals surface area (Å²) in [5.41, 5.74) is -1.52. The first-order valence-corrected chi connectivity index (χ1v) is 12.2. The average molecular weight is 474 g/mol. The lowest BCUT2D eigenvalue weighted by molar-refractivity contribution is -0.147. The molecular formula is C25H31NO6S. The van der Waals surface area contributed by atoms with Crippen LogP contribution < -0.4 is 0 Å². The number of phenols is 1. The molecule has 33 heavy (non-hydrogen) atoms. The molecule has 0 saturated carbocycles. The molecule has 5 atom stereocenters. The van der Waals surface area contributed by atoms with E-state index in [-0.39, 0.29) is 40.6 Å². The molecule has 0 aromatic heterocycles. The Morgan fingerprint density at radius 1 is 1.18 bits per heavy atom. The van der Waals surface area contributed by atoms with E-state index in [1.807, 2.05) is 6.07 Å². The lowest BCUT2D eigenvalue weighted by Gasteiger charge is -2.51. The van der Waals surface area contributed by atoms with Gasteiger partial charge in [-0.25, -0.2) is 0 Å². The van der Waals surface area contributed by atoms with E-state index in [0.29, 0.717) is 16.6 Å². The molecule has 0 radical (unpaired) electrons. The Morgan fingerprint density at radius 2 is 1.85 bits per heavy atom. The highest BCUT2D eigenvalue weighted by atomic mass is 32.2. The van der Waals surface area contributed by atoms with Gasteiger partial charge in [0.15, 0.2) is 11.4 Å². The number of hydrogen-bond donors (Lipinski definition) is 4. The van der Waals surface area contributed by atoms with Gasteiger partial charge in [-0.1, -0.05) is 26.0 Å². The number of phenolic OH excluding ortho intramolecular Hbond substituents is 1. The van der Waals surface area contributed by atoms with Crippen molar-refractivity contribution in [3.05, 3.63) is 52.0 Å². The number of carbonyl (C=O) groups is 2. The summed E-state index contributed by atoms with van der Waals surface area (Å²) in [6, 6.07) is 4.26. The third kappa shape index (κ3) is 3.33. The number of nitrogens with zero attached hydrogens (tertiary/aromatic N) is 1. The molecule has 0 fully saturated rings. The molecule has 7 nitrogen and oxygen atoms in total. The minimum atomic E-state index is -2.32. The van der Waals surface area contributed by atoms with Gasteiger partial charge in [-0.3, -0.25) is 14.5 Å². The Bertz CT molecular complexity index is 1090. The molecule has 0 bridgehead atoms. The number of likely N-dealkylation sites (N-methyl/N-ethyl adjacent to an activating group) is 1. The summed E-state index contributed by atoms with van der Waals surface area (Å²) in [5.74, 6) is -3.19. The Hall–Kier alpha value is -2.29. The number of aliphatic hydroxyl groups excluding tert-OH is 2. The predicted octanol–water partition coefficient (Wildman–Crippen LogP) is 3.34. The van der Waals surface area contributed by atoms with Crippen molar-refractivity contribution in [2.45, 2.75) is 50.0 Å². The maximum absolute atomic E-state index is 13.6. The fourth-order valence-corrected chi connectivity index (χ4v) is 6.78. The number of ketones is 2. The van der Waals surface area contributed by atoms with Crippen LogP contribution in [0.15, 0.2) is 40.9 Å². The van der Waals surface area contributed by atoms with Crippen LogP contribution in [0.1, 0.15) is 49.0 Å². The van der Waals surface area contributed by atoms with Crippen molar-refractivity contribution in [2.75, 3.05) is 19.8 Å². The second kappa shape index (κ2) is 8.18. The van der Waals surface area contributed by atoms with Crippen LogP contribution >= 0.6 is 11.8 Å². The van der Waals surface area contributed by atoms with E-state index >= 15 is 0 Å². The van der Waals surface area contributed by atoms with Gasteiger partial charge < -0.3 is 20.4 Å². The van der Waals surface area contributed by atoms with E-state index in [9.17, 15) is 30.0 Å². The van der Waals surface area contributed by atoms with Crippen molar-refractivity contribution in [1.29, 1.82) is 0 Å². The first kappa shape index (κ1) is 23.9. The van der Waals surface area contributed by atoms with Gasteiger partial charge in [-0.2, -0.15) is 11.8 Å². The third-order valence-electron chi connectivity index (χ3n) is 7.36. The van der Waals surface area contributed by atoms with E-state index in [2.05, 4.69) is 13.8 Å². The van der Waals surface area contributed by atoms with Crippen LogP contribution in [0.2, 0.25) is 0 Å². The number of allylic oxidation sites excluding steroid dienone is 1. The zero-order valence-corrected chi connectivity index (χ0v) is 20.3. The largest absolute Gasteiger partial charge is 0.510 e. The van der Waals surface area contributed by atoms with Crippen LogP contribution in [0.4, 0.5) is 0 Å². The monoisotopic (exact) mass is 473 g/mol. The summed E-state index contributed by atoms with van der Waals surface area (Å²) >= 11 is 1.71. The van der Waals surface area contributed by atoms with Gasteiger partial charge in [-0.15, -0.1) is 0 Å². The highest BCUT2D eigenvalue weighted by Gasteiger charge is 2.62. The summed E-state index contributed by atoms with van der Waals surface area (Å²) in [4.78, 5) is 28.5. The number of hydrogen-bond acceptors (Lipinski definition) is 8. The minimum absolute atomic E-state index is 0.00264. The Labute approximate surface area is 197 Å². The Balaban J connectivity index is 1.97. The average Bonchev–Trinajstić information content (AvgIpc) is 2.74. The van der Waals surface area contributed by atoms with Gasteiger partial charge in [0.1, 0.15) is 17.3 Å². The van der Waals surface area contributed by atoms with Gasteiger partial charge in [0.05, 0.1) is 11.6 Å². The molecule has 0 saturated heterocycles. The number of aliphatic hydroxyl groups is 3. The molecule has 4 N–H and O–H groups in total. The zero-order valence-electron chi connectivity index (χ0n) is 19.5. The number of Topliss-reactive ketones (excluding diaryl/α,β-unsaturated/α-hetero) is 2. The number of benzene rings is 1. The van der Waals surface area contributed by atoms with E-state index in [1.165, 1.54) is 13.0 Å². The highest BCUT2D eigenvalue weighted by Crippen LogP contribution is 2.56. The van der Waals surface area contributed by atoms with Crippen molar-refractivity contribution in [3.8, 4) is 5.75 Å². The topological polar surface area (TPSA) is 118 Å². The molecule has 3 aliphatic rings. The SMILES string of the molecule is CC1=C(O)C(N(C)C)C2CC3C(=C(O)C2(O)C1=O)C(=O)c1c(O)cccc1C3CSC(C)C. The van der Waals surface area contributed by atoms with E-state index < -0.39 is 40.8 Å². The molecule has 0 amide bonds. The number of fused-ring (bicyclic) bond motifs is 3. The molecule has 1 aromatic carbocycles. The van der Waals surface area contributed by atoms with E-state index in [1.54, 1.807) is 36.8 Å². The lowest BCUT2D eigenvalue weighted by atomic mass is 9.56. The van der Waals surface area contributed by atoms with E-state index in [4.69, 9.17) is 0 Å². The quantitative estimate of drug-likeness (QED) is 0.526. The van der Waals surface area contributed by atoms with Gasteiger partial charge in [0.2, 0.25) is 5.78 Å². The smallest absolute Gasteiger partial charge is 0.201 e. The Morgan fingerprint density at radius 3 is 2.45 bits per heavy atom. The lowest BCUT2D eigenvalue weighted by Crippen LogP contribution is -2.63. The number of carbonyl (C=O) groups excluding carboxylic acids is 2. The van der Waals surface area contributed by atoms with Crippen molar-refractivity contribution >= 4 is 23.3 Å². The van der Waals surface area contributed by atoms with Gasteiger partial charge in [0, 0.05) is 28.7 Å². The number of aromatic hydroxyl groups is 1. The molecule has 8 heteroatoms. The van der Waals surface area contributed by atoms with Crippen molar-refractivity contribution in [3.63, 3.8) is 0 Å². The second-order valence-corrected chi connectivity index (χ2v) is 11.4. The molecule has 5 unspecified atom stereocenters. The first-order chi connectivity index (χ1) is 15.4. The fourth-order valence-electron chi connectivity index (χ4n) is 5.78. The molecule has 0 heterocycles. The van der Waals surface area contributed by atoms with E-state index in [0.717, 1.165) is 0 Å². The molecule has 4 rings (SSSR count). The standard InChI is InChI=1S/C25H31NO6S/c1-11(2)33-10-15-13-7-6-8-17(27)18(13)22(29)19-14(15)9-16-20(26(4)5)21(28)12(3)23(30)25(16,32)24(19)31/h6-8,11,14-16,20,27-28,31-32H,9-10H2,1-5H3. The van der Waals surface area contributed by atoms with Crippen LogP contribution in [-0.2, 0) is 4.79 Å². The normalized spacial score (nSPS) is 31.8. The summed E-state index contributed by atoms with van der Waals surface area (Å²) in [5, 5.41) is 44.7. The molecule has 0 aliphatic heterocycles. The maximum Gasteiger partial charge on any atom is 0.201 e. The van der Waals surface area contributed by atoms with Crippen LogP contribution in [0.3, 0.4) is 0 Å². The third-order valence-corrected chi connectivity index (χ3v) is 8.58. The van der Waals surface area contributed by atoms with Gasteiger partial charge in [-0.05, 0) is 50.2 Å². The van der Waals surface area contributed by atoms with Gasteiger partial charge >= 0.3 is 0 Å². The fraction of sp³-hybridized carbons (Fsp3) is 0.520. The maximum atomic E-state index is 13.6. The molecule has 3 aliphatic carbocycles.